The number of aliphatic hydroxyl groups excluding tert-OH is 1. The first-order valence-corrected chi connectivity index (χ1v) is 14.4. The van der Waals surface area contributed by atoms with Crippen molar-refractivity contribution in [2.75, 3.05) is 13.1 Å². The molecule has 0 bridgehead atoms. The Hall–Kier alpha value is -3.77. The van der Waals surface area contributed by atoms with Crippen LogP contribution >= 0.6 is 11.6 Å². The van der Waals surface area contributed by atoms with Gasteiger partial charge in [0.25, 0.3) is 0 Å². The molecule has 1 aliphatic rings. The van der Waals surface area contributed by atoms with E-state index >= 15 is 0 Å². The number of piperidine rings is 1. The van der Waals surface area contributed by atoms with Crippen molar-refractivity contribution in [3.05, 3.63) is 94.7 Å². The first-order valence-electron chi connectivity index (χ1n) is 14.1. The number of fused-ring (bicyclic) bond motifs is 1. The van der Waals surface area contributed by atoms with E-state index in [9.17, 15) is 14.6 Å². The zero-order valence-electron chi connectivity index (χ0n) is 23.3. The second-order valence-electron chi connectivity index (χ2n) is 10.6. The molecule has 4 heterocycles. The molecule has 0 aliphatic carbocycles. The van der Waals surface area contributed by atoms with Crippen LogP contribution in [0.25, 0.3) is 11.0 Å². The van der Waals surface area contributed by atoms with Gasteiger partial charge >= 0.3 is 0 Å². The van der Waals surface area contributed by atoms with E-state index in [2.05, 4.69) is 31.0 Å². The number of hydrogen-bond donors (Lipinski definition) is 2. The van der Waals surface area contributed by atoms with Crippen molar-refractivity contribution in [1.82, 2.24) is 33.8 Å². The van der Waals surface area contributed by atoms with Gasteiger partial charge in [0.2, 0.25) is 5.88 Å². The number of rotatable bonds is 10. The number of aliphatic hydroxyl groups is 2. The fourth-order valence-electron chi connectivity index (χ4n) is 5.58. The van der Waals surface area contributed by atoms with Crippen LogP contribution in [-0.4, -0.2) is 57.1 Å². The molecule has 1 fully saturated rings. The Morgan fingerprint density at radius 1 is 1.10 bits per heavy atom. The Morgan fingerprint density at radius 3 is 2.69 bits per heavy atom. The molecule has 220 valence electrons. The Kier molecular flexibility index (Phi) is 8.25. The molecular weight excluding hydrogens is 561 g/mol. The number of hydrogen-bond acceptors (Lipinski definition) is 7. The van der Waals surface area contributed by atoms with Crippen molar-refractivity contribution in [2.24, 2.45) is 0 Å². The van der Waals surface area contributed by atoms with Crippen molar-refractivity contribution < 1.29 is 19.3 Å². The third kappa shape index (κ3) is 5.91. The zero-order valence-corrected chi connectivity index (χ0v) is 24.0. The molecular formula is C30H33ClFN7O3. The van der Waals surface area contributed by atoms with Gasteiger partial charge in [-0.15, -0.1) is 0 Å². The molecule has 0 unspecified atom stereocenters. The summed E-state index contributed by atoms with van der Waals surface area (Å²) in [6, 6.07) is 11.9. The normalized spacial score (nSPS) is 14.8. The first-order chi connectivity index (χ1) is 20.4. The Morgan fingerprint density at radius 2 is 1.93 bits per heavy atom. The molecule has 0 saturated carbocycles. The Balaban J connectivity index is 1.16. The van der Waals surface area contributed by atoms with E-state index in [0.29, 0.717) is 35.1 Å². The van der Waals surface area contributed by atoms with Crippen molar-refractivity contribution in [2.45, 2.75) is 58.3 Å². The highest BCUT2D eigenvalue weighted by molar-refractivity contribution is 6.30. The smallest absolute Gasteiger partial charge is 0.212 e. The number of imidazole rings is 2. The molecule has 1 saturated heterocycles. The van der Waals surface area contributed by atoms with Crippen LogP contribution in [0.15, 0.2) is 61.2 Å². The zero-order chi connectivity index (χ0) is 29.2. The number of aryl methyl sites for hydroxylation is 1. The predicted molar refractivity (Wildman–Crippen MR) is 155 cm³/mol. The van der Waals surface area contributed by atoms with Gasteiger partial charge in [-0.05, 0) is 44.0 Å². The lowest BCUT2D eigenvalue weighted by Gasteiger charge is -2.32. The maximum absolute atomic E-state index is 14.2. The summed E-state index contributed by atoms with van der Waals surface area (Å²) in [6.07, 6.45) is 5.58. The van der Waals surface area contributed by atoms with Gasteiger partial charge in [-0.2, -0.15) is 5.10 Å². The molecule has 5 aromatic rings. The number of nitrogens with zero attached hydrogens (tertiary/aromatic N) is 7. The molecule has 2 aromatic carbocycles. The van der Waals surface area contributed by atoms with Gasteiger partial charge in [0.15, 0.2) is 6.29 Å². The molecule has 3 aromatic heterocycles. The molecule has 6 rings (SSSR count). The van der Waals surface area contributed by atoms with Crippen molar-refractivity contribution in [1.29, 1.82) is 0 Å². The van der Waals surface area contributed by atoms with Gasteiger partial charge in [-0.25, -0.2) is 19.0 Å². The molecule has 42 heavy (non-hydrogen) atoms. The molecule has 0 atom stereocenters. The van der Waals surface area contributed by atoms with Crippen LogP contribution in [0.3, 0.4) is 0 Å². The number of benzene rings is 2. The number of aromatic nitrogens is 6. The number of ether oxygens (including phenoxy) is 1. The highest BCUT2D eigenvalue weighted by Gasteiger charge is 2.25. The molecule has 10 nitrogen and oxygen atoms in total. The van der Waals surface area contributed by atoms with E-state index in [1.165, 1.54) is 6.07 Å². The summed E-state index contributed by atoms with van der Waals surface area (Å²) in [5, 5.41) is 24.4. The molecule has 2 N–H and O–H groups in total. The minimum atomic E-state index is -1.55. The van der Waals surface area contributed by atoms with Crippen molar-refractivity contribution in [3.8, 4) is 5.88 Å². The summed E-state index contributed by atoms with van der Waals surface area (Å²) < 4.78 is 26.3. The summed E-state index contributed by atoms with van der Waals surface area (Å²) >= 11 is 5.87. The van der Waals surface area contributed by atoms with E-state index in [4.69, 9.17) is 21.3 Å². The van der Waals surface area contributed by atoms with Crippen molar-refractivity contribution >= 4 is 22.6 Å². The first kappa shape index (κ1) is 28.4. The highest BCUT2D eigenvalue weighted by atomic mass is 35.5. The van der Waals surface area contributed by atoms with E-state index in [0.717, 1.165) is 55.0 Å². The standard InChI is InChI=1S/C30H33ClFN7O3/c1-2-37-19-33-15-24(37)16-38-27-13-20(30(40)41)4-6-26(27)35-28(38)17-36-11-8-23(9-12-36)39-29(7-10-34-39)42-18-21-3-5-22(31)14-25(21)32/h3-7,10,13-15,19,23,30,40-41H,2,8-9,11-12,16-18H2,1H3. The Bertz CT molecular complexity index is 1670. The summed E-state index contributed by atoms with van der Waals surface area (Å²) in [5.41, 5.74) is 3.58. The van der Waals surface area contributed by atoms with Gasteiger partial charge in [0.1, 0.15) is 18.2 Å². The number of likely N-dealkylation sites (tertiary alicyclic amines) is 1. The fourth-order valence-corrected chi connectivity index (χ4v) is 5.74. The summed E-state index contributed by atoms with van der Waals surface area (Å²) in [5.74, 6) is 1.12. The average molecular weight is 594 g/mol. The minimum absolute atomic E-state index is 0.0930. The summed E-state index contributed by atoms with van der Waals surface area (Å²) in [4.78, 5) is 11.6. The topological polar surface area (TPSA) is 106 Å². The highest BCUT2D eigenvalue weighted by Crippen LogP contribution is 2.29. The van der Waals surface area contributed by atoms with E-state index in [-0.39, 0.29) is 12.6 Å². The minimum Gasteiger partial charge on any atom is -0.473 e. The quantitative estimate of drug-likeness (QED) is 0.226. The van der Waals surface area contributed by atoms with E-state index in [1.54, 1.807) is 36.5 Å². The third-order valence-corrected chi connectivity index (χ3v) is 8.14. The van der Waals surface area contributed by atoms with Crippen molar-refractivity contribution in [3.63, 3.8) is 0 Å². The van der Waals surface area contributed by atoms with Crippen LogP contribution in [0.2, 0.25) is 5.02 Å². The summed E-state index contributed by atoms with van der Waals surface area (Å²) in [6.45, 7) is 5.88. The predicted octanol–water partition coefficient (Wildman–Crippen LogP) is 4.69. The van der Waals surface area contributed by atoms with Crippen LogP contribution < -0.4 is 4.74 Å². The lowest BCUT2D eigenvalue weighted by atomic mass is 10.1. The lowest BCUT2D eigenvalue weighted by molar-refractivity contribution is -0.0424. The number of halogens is 2. The largest absolute Gasteiger partial charge is 0.473 e. The van der Waals surface area contributed by atoms with Gasteiger partial charge < -0.3 is 24.1 Å². The average Bonchev–Trinajstić information content (AvgIpc) is 3.72. The van der Waals surface area contributed by atoms with Crippen LogP contribution in [-0.2, 0) is 26.2 Å². The second-order valence-corrected chi connectivity index (χ2v) is 11.0. The van der Waals surface area contributed by atoms with Crippen LogP contribution in [0.5, 0.6) is 5.88 Å². The van der Waals surface area contributed by atoms with E-state index in [1.807, 2.05) is 23.3 Å². The summed E-state index contributed by atoms with van der Waals surface area (Å²) in [7, 11) is 0. The Labute approximate surface area is 247 Å². The van der Waals surface area contributed by atoms with Crippen LogP contribution in [0.1, 0.15) is 54.7 Å². The van der Waals surface area contributed by atoms with Crippen LogP contribution in [0, 0.1) is 5.82 Å². The molecule has 0 amide bonds. The van der Waals surface area contributed by atoms with Gasteiger partial charge in [0, 0.05) is 48.0 Å². The van der Waals surface area contributed by atoms with E-state index < -0.39 is 12.1 Å². The van der Waals surface area contributed by atoms with Crippen LogP contribution in [0.4, 0.5) is 4.39 Å². The molecule has 0 spiro atoms. The SMILES string of the molecule is CCn1cncc1Cn1c(CN2CCC(n3nccc3OCc3ccc(Cl)cc3F)CC2)nc2ccc(C(O)O)cc21. The lowest BCUT2D eigenvalue weighted by Crippen LogP contribution is -2.35. The second kappa shape index (κ2) is 12.2. The van der Waals surface area contributed by atoms with Gasteiger partial charge in [0.05, 0.1) is 48.4 Å². The fraction of sp³-hybridized carbons (Fsp3) is 0.367. The molecule has 1 aliphatic heterocycles. The molecule has 12 heteroatoms. The van der Waals surface area contributed by atoms with Gasteiger partial charge in [-0.3, -0.25) is 4.90 Å². The maximum atomic E-state index is 14.2. The molecule has 0 radical (unpaired) electrons. The maximum Gasteiger partial charge on any atom is 0.212 e. The monoisotopic (exact) mass is 593 g/mol. The third-order valence-electron chi connectivity index (χ3n) is 7.90. The van der Waals surface area contributed by atoms with Gasteiger partial charge in [-0.1, -0.05) is 23.7 Å².